The molecule has 27 heavy (non-hydrogen) atoms. The fourth-order valence-electron chi connectivity index (χ4n) is 2.78. The molecule has 136 valence electrons. The molecule has 0 aliphatic carbocycles. The molecule has 3 aromatic rings. The molecule has 0 saturated carbocycles. The smallest absolute Gasteiger partial charge is 0.274 e. The number of carbonyl (C=O) groups is 2. The van der Waals surface area contributed by atoms with Crippen molar-refractivity contribution in [3.63, 3.8) is 0 Å². The minimum Gasteiger partial charge on any atom is -0.322 e. The average Bonchev–Trinajstić information content (AvgIpc) is 2.63. The van der Waals surface area contributed by atoms with Crippen LogP contribution in [0, 0.1) is 20.8 Å². The van der Waals surface area contributed by atoms with Crippen LogP contribution in [0.25, 0.3) is 0 Å². The Kier molecular flexibility index (Phi) is 5.31. The number of hydrogen-bond acceptors (Lipinski definition) is 3. The molecule has 0 saturated heterocycles. The molecule has 5 heteroatoms. The minimum atomic E-state index is -0.361. The van der Waals surface area contributed by atoms with Gasteiger partial charge in [-0.15, -0.1) is 0 Å². The van der Waals surface area contributed by atoms with Crippen LogP contribution in [0.2, 0.25) is 0 Å². The van der Waals surface area contributed by atoms with Gasteiger partial charge in [-0.3, -0.25) is 14.6 Å². The summed E-state index contributed by atoms with van der Waals surface area (Å²) in [6, 6.07) is 16.4. The number of rotatable bonds is 4. The molecule has 3 rings (SSSR count). The molecule has 0 aliphatic rings. The molecule has 0 fully saturated rings. The summed E-state index contributed by atoms with van der Waals surface area (Å²) >= 11 is 0. The van der Waals surface area contributed by atoms with Gasteiger partial charge >= 0.3 is 0 Å². The number of nitrogens with one attached hydrogen (secondary N) is 2. The predicted molar refractivity (Wildman–Crippen MR) is 107 cm³/mol. The number of benzene rings is 2. The normalized spacial score (nSPS) is 10.3. The van der Waals surface area contributed by atoms with Crippen molar-refractivity contribution in [1.29, 1.82) is 0 Å². The number of hydrogen-bond donors (Lipinski definition) is 2. The number of amides is 2. The van der Waals surface area contributed by atoms with Gasteiger partial charge in [0.25, 0.3) is 11.8 Å². The van der Waals surface area contributed by atoms with Crippen LogP contribution in [0.1, 0.15) is 37.5 Å². The van der Waals surface area contributed by atoms with Crippen molar-refractivity contribution < 1.29 is 9.59 Å². The zero-order valence-electron chi connectivity index (χ0n) is 15.5. The summed E-state index contributed by atoms with van der Waals surface area (Å²) in [5.41, 5.74) is 5.20. The summed E-state index contributed by atoms with van der Waals surface area (Å²) in [5.74, 6) is -0.647. The van der Waals surface area contributed by atoms with E-state index >= 15 is 0 Å². The second-order valence-corrected chi connectivity index (χ2v) is 6.58. The third kappa shape index (κ3) is 4.79. The zero-order valence-corrected chi connectivity index (χ0v) is 15.5. The number of aryl methyl sites for hydroxylation is 3. The van der Waals surface area contributed by atoms with Crippen molar-refractivity contribution in [2.24, 2.45) is 0 Å². The first-order valence-corrected chi connectivity index (χ1v) is 8.64. The Bertz CT molecular complexity index is 974. The first kappa shape index (κ1) is 18.3. The first-order valence-electron chi connectivity index (χ1n) is 8.64. The van der Waals surface area contributed by atoms with Crippen LogP contribution < -0.4 is 10.6 Å². The lowest BCUT2D eigenvalue weighted by atomic mass is 10.1. The largest absolute Gasteiger partial charge is 0.322 e. The molecule has 0 unspecified atom stereocenters. The van der Waals surface area contributed by atoms with Crippen molar-refractivity contribution >= 4 is 23.2 Å². The molecular formula is C22H21N3O2. The Hall–Kier alpha value is -3.47. The monoisotopic (exact) mass is 359 g/mol. The summed E-state index contributed by atoms with van der Waals surface area (Å²) in [6.45, 7) is 5.93. The molecule has 0 aliphatic heterocycles. The SMILES string of the molecule is Cc1ccc(NC(=O)c2cc(C(=O)Nc3cc(C)cc(C)c3)ccn2)cc1. The van der Waals surface area contributed by atoms with Gasteiger partial charge < -0.3 is 10.6 Å². The molecule has 0 bridgehead atoms. The molecule has 2 amide bonds. The third-order valence-corrected chi connectivity index (χ3v) is 4.04. The van der Waals surface area contributed by atoms with Crippen LogP contribution in [0.4, 0.5) is 11.4 Å². The first-order chi connectivity index (χ1) is 12.9. The van der Waals surface area contributed by atoms with Gasteiger partial charge in [0.15, 0.2) is 0 Å². The molecule has 1 heterocycles. The molecule has 0 radical (unpaired) electrons. The maximum atomic E-state index is 12.5. The predicted octanol–water partition coefficient (Wildman–Crippen LogP) is 4.51. The van der Waals surface area contributed by atoms with E-state index in [9.17, 15) is 9.59 Å². The quantitative estimate of drug-likeness (QED) is 0.720. The van der Waals surface area contributed by atoms with Crippen LogP contribution in [0.3, 0.4) is 0 Å². The van der Waals surface area contributed by atoms with Crippen molar-refractivity contribution in [2.75, 3.05) is 10.6 Å². The molecule has 2 N–H and O–H groups in total. The maximum Gasteiger partial charge on any atom is 0.274 e. The van der Waals surface area contributed by atoms with Gasteiger partial charge in [-0.25, -0.2) is 0 Å². The van der Waals surface area contributed by atoms with E-state index in [2.05, 4.69) is 15.6 Å². The standard InChI is InChI=1S/C22H21N3O2/c1-14-4-6-18(7-5-14)24-22(27)20-13-17(8-9-23-20)21(26)25-19-11-15(2)10-16(3)12-19/h4-13H,1-3H3,(H,24,27)(H,25,26). The Balaban J connectivity index is 1.75. The highest BCUT2D eigenvalue weighted by Gasteiger charge is 2.13. The van der Waals surface area contributed by atoms with Gasteiger partial charge in [0.1, 0.15) is 5.69 Å². The van der Waals surface area contributed by atoms with Crippen molar-refractivity contribution in [3.05, 3.63) is 88.7 Å². The average molecular weight is 359 g/mol. The number of pyridine rings is 1. The fraction of sp³-hybridized carbons (Fsp3) is 0.136. The van der Waals surface area contributed by atoms with Gasteiger partial charge in [-0.1, -0.05) is 23.8 Å². The summed E-state index contributed by atoms with van der Waals surface area (Å²) in [6.07, 6.45) is 1.46. The number of carbonyl (C=O) groups excluding carboxylic acids is 2. The summed E-state index contributed by atoms with van der Waals surface area (Å²) in [4.78, 5) is 29.0. The van der Waals surface area contributed by atoms with Gasteiger partial charge in [0.05, 0.1) is 0 Å². The van der Waals surface area contributed by atoms with E-state index in [0.717, 1.165) is 22.4 Å². The summed E-state index contributed by atoms with van der Waals surface area (Å²) < 4.78 is 0. The highest BCUT2D eigenvalue weighted by atomic mass is 16.2. The Morgan fingerprint density at radius 3 is 2.00 bits per heavy atom. The van der Waals surface area contributed by atoms with Crippen molar-refractivity contribution in [2.45, 2.75) is 20.8 Å². The van der Waals surface area contributed by atoms with E-state index in [1.165, 1.54) is 12.3 Å². The topological polar surface area (TPSA) is 71.1 Å². The third-order valence-electron chi connectivity index (χ3n) is 4.04. The van der Waals surface area contributed by atoms with Crippen LogP contribution in [-0.2, 0) is 0 Å². The molecular weight excluding hydrogens is 338 g/mol. The van der Waals surface area contributed by atoms with E-state index < -0.39 is 0 Å². The molecule has 5 nitrogen and oxygen atoms in total. The number of aromatic nitrogens is 1. The van der Waals surface area contributed by atoms with Gasteiger partial charge in [-0.2, -0.15) is 0 Å². The lowest BCUT2D eigenvalue weighted by Gasteiger charge is -2.09. The van der Waals surface area contributed by atoms with E-state index in [1.807, 2.05) is 63.2 Å². The number of nitrogens with zero attached hydrogens (tertiary/aromatic N) is 1. The summed E-state index contributed by atoms with van der Waals surface area (Å²) in [5, 5.41) is 5.65. The van der Waals surface area contributed by atoms with Crippen LogP contribution >= 0.6 is 0 Å². The summed E-state index contributed by atoms with van der Waals surface area (Å²) in [7, 11) is 0. The Morgan fingerprint density at radius 2 is 1.33 bits per heavy atom. The van der Waals surface area contributed by atoms with E-state index in [0.29, 0.717) is 11.3 Å². The van der Waals surface area contributed by atoms with Crippen molar-refractivity contribution in [3.8, 4) is 0 Å². The minimum absolute atomic E-state index is 0.184. The molecule has 0 spiro atoms. The Labute approximate surface area is 158 Å². The Morgan fingerprint density at radius 1 is 0.704 bits per heavy atom. The van der Waals surface area contributed by atoms with Crippen LogP contribution in [0.15, 0.2) is 60.8 Å². The van der Waals surface area contributed by atoms with E-state index in [4.69, 9.17) is 0 Å². The number of anilines is 2. The lowest BCUT2D eigenvalue weighted by Crippen LogP contribution is -2.17. The van der Waals surface area contributed by atoms with Crippen LogP contribution in [-0.4, -0.2) is 16.8 Å². The highest BCUT2D eigenvalue weighted by molar-refractivity contribution is 6.07. The zero-order chi connectivity index (χ0) is 19.4. The van der Waals surface area contributed by atoms with Crippen molar-refractivity contribution in [1.82, 2.24) is 4.98 Å². The second-order valence-electron chi connectivity index (χ2n) is 6.58. The fourth-order valence-corrected chi connectivity index (χ4v) is 2.78. The maximum absolute atomic E-state index is 12.5. The lowest BCUT2D eigenvalue weighted by molar-refractivity contribution is 0.102. The van der Waals surface area contributed by atoms with E-state index in [-0.39, 0.29) is 17.5 Å². The highest BCUT2D eigenvalue weighted by Crippen LogP contribution is 2.16. The van der Waals surface area contributed by atoms with Gasteiger partial charge in [0, 0.05) is 23.1 Å². The van der Waals surface area contributed by atoms with Gasteiger partial charge in [0.2, 0.25) is 0 Å². The molecule has 2 aromatic carbocycles. The van der Waals surface area contributed by atoms with Gasteiger partial charge in [-0.05, 0) is 68.3 Å². The second kappa shape index (κ2) is 7.83. The molecule has 0 atom stereocenters. The molecule has 1 aromatic heterocycles. The van der Waals surface area contributed by atoms with E-state index in [1.54, 1.807) is 6.07 Å². The van der Waals surface area contributed by atoms with Crippen LogP contribution in [0.5, 0.6) is 0 Å².